The molecule has 0 fully saturated rings. The summed E-state index contributed by atoms with van der Waals surface area (Å²) in [6, 6.07) is 11.9. The van der Waals surface area contributed by atoms with E-state index in [2.05, 4.69) is 26.1 Å². The highest BCUT2D eigenvalue weighted by molar-refractivity contribution is 9.10. The molecule has 0 bridgehead atoms. The lowest BCUT2D eigenvalue weighted by molar-refractivity contribution is 0.00704. The fourth-order valence-electron chi connectivity index (χ4n) is 3.40. The molecule has 0 amide bonds. The summed E-state index contributed by atoms with van der Waals surface area (Å²) in [4.78, 5) is 27.9. The van der Waals surface area contributed by atoms with Gasteiger partial charge in [0.2, 0.25) is 0 Å². The Balaban J connectivity index is 1.95. The standard InChI is InChI=1S/C25H27BrFN3O4/c1-5-12-33-24-29-22(26)21(14-28-32)30(24)15-16-10-11-18(20(27)13-16)17-8-6-7-9-19(17)23(31)34-25(2,3)4/h6-11,13H,5,12,14-15H2,1-4H3. The minimum atomic E-state index is -0.669. The van der Waals surface area contributed by atoms with E-state index < -0.39 is 17.4 Å². The number of benzene rings is 2. The van der Waals surface area contributed by atoms with Crippen LogP contribution < -0.4 is 4.74 Å². The highest BCUT2D eigenvalue weighted by Gasteiger charge is 2.22. The van der Waals surface area contributed by atoms with Crippen LogP contribution in [0.2, 0.25) is 0 Å². The number of carbonyl (C=O) groups is 1. The maximum Gasteiger partial charge on any atom is 0.339 e. The van der Waals surface area contributed by atoms with E-state index >= 15 is 4.39 Å². The van der Waals surface area contributed by atoms with Crippen molar-refractivity contribution >= 4 is 21.9 Å². The van der Waals surface area contributed by atoms with E-state index in [9.17, 15) is 9.70 Å². The number of nitroso groups, excluding NO2 is 1. The Kier molecular flexibility index (Phi) is 8.19. The summed E-state index contributed by atoms with van der Waals surface area (Å²) < 4.78 is 28.6. The van der Waals surface area contributed by atoms with Gasteiger partial charge in [0.1, 0.15) is 22.6 Å². The van der Waals surface area contributed by atoms with Gasteiger partial charge in [-0.3, -0.25) is 4.57 Å². The molecule has 0 N–H and O–H groups in total. The molecule has 3 aromatic rings. The van der Waals surface area contributed by atoms with Crippen molar-refractivity contribution in [2.45, 2.75) is 52.8 Å². The van der Waals surface area contributed by atoms with E-state index in [0.717, 1.165) is 6.42 Å². The van der Waals surface area contributed by atoms with Gasteiger partial charge in [0.25, 0.3) is 6.01 Å². The lowest BCUT2D eigenvalue weighted by Gasteiger charge is -2.20. The Bertz CT molecular complexity index is 1190. The van der Waals surface area contributed by atoms with Gasteiger partial charge in [0.05, 0.1) is 24.4 Å². The number of carbonyl (C=O) groups excluding carboxylic acids is 1. The number of imidazole rings is 1. The number of rotatable bonds is 9. The number of halogens is 2. The van der Waals surface area contributed by atoms with Gasteiger partial charge in [-0.1, -0.05) is 42.4 Å². The molecular formula is C25H27BrFN3O4. The van der Waals surface area contributed by atoms with Gasteiger partial charge in [-0.15, -0.1) is 0 Å². The highest BCUT2D eigenvalue weighted by Crippen LogP contribution is 2.30. The summed E-state index contributed by atoms with van der Waals surface area (Å²) >= 11 is 3.34. The maximum absolute atomic E-state index is 15.3. The van der Waals surface area contributed by atoms with Gasteiger partial charge in [-0.2, -0.15) is 9.89 Å². The number of ether oxygens (including phenoxy) is 2. The van der Waals surface area contributed by atoms with Crippen LogP contribution in [0.1, 0.15) is 55.7 Å². The van der Waals surface area contributed by atoms with Crippen molar-refractivity contribution in [3.05, 3.63) is 74.6 Å². The van der Waals surface area contributed by atoms with Crippen molar-refractivity contribution in [3.8, 4) is 17.1 Å². The summed E-state index contributed by atoms with van der Waals surface area (Å²) in [5, 5.41) is 2.97. The molecule has 0 aliphatic heterocycles. The molecule has 0 atom stereocenters. The molecular weight excluding hydrogens is 505 g/mol. The third kappa shape index (κ3) is 6.08. The Labute approximate surface area is 206 Å². The first-order valence-electron chi connectivity index (χ1n) is 10.9. The molecule has 3 rings (SSSR count). The largest absolute Gasteiger partial charge is 0.465 e. The zero-order valence-electron chi connectivity index (χ0n) is 19.6. The molecule has 2 aromatic carbocycles. The van der Waals surface area contributed by atoms with E-state index in [4.69, 9.17) is 9.47 Å². The topological polar surface area (TPSA) is 82.8 Å². The second-order valence-electron chi connectivity index (χ2n) is 8.72. The molecule has 9 heteroatoms. The third-order valence-electron chi connectivity index (χ3n) is 4.85. The van der Waals surface area contributed by atoms with Crippen LogP contribution in [0.3, 0.4) is 0 Å². The number of hydrogen-bond acceptors (Lipinski definition) is 6. The van der Waals surface area contributed by atoms with Crippen LogP contribution in [0, 0.1) is 10.7 Å². The molecule has 1 heterocycles. The normalized spacial score (nSPS) is 11.4. The molecule has 1 aromatic heterocycles. The summed E-state index contributed by atoms with van der Waals surface area (Å²) in [7, 11) is 0. The second kappa shape index (κ2) is 10.9. The quantitative estimate of drug-likeness (QED) is 0.232. The number of esters is 1. The molecule has 0 saturated heterocycles. The first-order valence-corrected chi connectivity index (χ1v) is 11.7. The summed E-state index contributed by atoms with van der Waals surface area (Å²) in [6.45, 7) is 7.89. The van der Waals surface area contributed by atoms with Crippen molar-refractivity contribution in [1.29, 1.82) is 0 Å². The van der Waals surface area contributed by atoms with Gasteiger partial charge in [-0.25, -0.2) is 9.18 Å². The molecule has 0 spiro atoms. The van der Waals surface area contributed by atoms with Crippen LogP contribution in [0.15, 0.2) is 52.2 Å². The zero-order valence-corrected chi connectivity index (χ0v) is 21.2. The van der Waals surface area contributed by atoms with Crippen LogP contribution in [-0.4, -0.2) is 27.7 Å². The molecule has 0 aliphatic rings. The van der Waals surface area contributed by atoms with E-state index in [1.54, 1.807) is 61.7 Å². The van der Waals surface area contributed by atoms with Gasteiger partial charge in [0.15, 0.2) is 0 Å². The minimum Gasteiger partial charge on any atom is -0.465 e. The molecule has 34 heavy (non-hydrogen) atoms. The second-order valence-corrected chi connectivity index (χ2v) is 9.47. The first-order chi connectivity index (χ1) is 16.1. The maximum atomic E-state index is 15.3. The van der Waals surface area contributed by atoms with Crippen LogP contribution in [0.25, 0.3) is 11.1 Å². The van der Waals surface area contributed by atoms with Crippen LogP contribution in [0.4, 0.5) is 4.39 Å². The lowest BCUT2D eigenvalue weighted by atomic mass is 9.98. The van der Waals surface area contributed by atoms with E-state index in [1.807, 2.05) is 6.92 Å². The van der Waals surface area contributed by atoms with Gasteiger partial charge < -0.3 is 9.47 Å². The van der Waals surface area contributed by atoms with Crippen molar-refractivity contribution in [2.75, 3.05) is 6.61 Å². The van der Waals surface area contributed by atoms with Crippen molar-refractivity contribution < 1.29 is 18.7 Å². The molecule has 7 nitrogen and oxygen atoms in total. The third-order valence-corrected chi connectivity index (χ3v) is 5.48. The fraction of sp³-hybridized carbons (Fsp3) is 0.360. The SMILES string of the molecule is CCCOc1nc(Br)c(CN=O)n1Cc1ccc(-c2ccccc2C(=O)OC(C)(C)C)c(F)c1. The molecule has 180 valence electrons. The average Bonchev–Trinajstić information content (AvgIpc) is 3.06. The van der Waals surface area contributed by atoms with E-state index in [-0.39, 0.29) is 24.2 Å². The minimum absolute atomic E-state index is 0.104. The number of aromatic nitrogens is 2. The average molecular weight is 532 g/mol. The Morgan fingerprint density at radius 1 is 1.18 bits per heavy atom. The van der Waals surface area contributed by atoms with Gasteiger partial charge >= 0.3 is 5.97 Å². The van der Waals surface area contributed by atoms with Crippen LogP contribution in [-0.2, 0) is 17.8 Å². The zero-order chi connectivity index (χ0) is 24.9. The fourth-order valence-corrected chi connectivity index (χ4v) is 3.89. The molecule has 0 aliphatic carbocycles. The molecule has 0 saturated carbocycles. The van der Waals surface area contributed by atoms with Gasteiger partial charge in [0, 0.05) is 5.56 Å². The van der Waals surface area contributed by atoms with Crippen molar-refractivity contribution in [3.63, 3.8) is 0 Å². The Hall–Kier alpha value is -3.07. The monoisotopic (exact) mass is 531 g/mol. The Morgan fingerprint density at radius 3 is 2.56 bits per heavy atom. The predicted octanol–water partition coefficient (Wildman–Crippen LogP) is 6.51. The number of nitrogens with zero attached hydrogens (tertiary/aromatic N) is 3. The van der Waals surface area contributed by atoms with Gasteiger partial charge in [-0.05, 0) is 66.4 Å². The van der Waals surface area contributed by atoms with Crippen molar-refractivity contribution in [2.24, 2.45) is 5.18 Å². The van der Waals surface area contributed by atoms with E-state index in [0.29, 0.717) is 34.0 Å². The smallest absolute Gasteiger partial charge is 0.339 e. The van der Waals surface area contributed by atoms with Crippen molar-refractivity contribution in [1.82, 2.24) is 9.55 Å². The summed E-state index contributed by atoms with van der Waals surface area (Å²) in [5.41, 5.74) is 1.53. The highest BCUT2D eigenvalue weighted by atomic mass is 79.9. The number of hydrogen-bond donors (Lipinski definition) is 0. The first kappa shape index (κ1) is 25.6. The predicted molar refractivity (Wildman–Crippen MR) is 131 cm³/mol. The lowest BCUT2D eigenvalue weighted by Crippen LogP contribution is -2.24. The molecule has 0 radical (unpaired) electrons. The summed E-state index contributed by atoms with van der Waals surface area (Å²) in [5.74, 6) is -1.00. The Morgan fingerprint density at radius 2 is 1.91 bits per heavy atom. The van der Waals surface area contributed by atoms with E-state index in [1.165, 1.54) is 6.07 Å². The van der Waals surface area contributed by atoms with Crippen LogP contribution >= 0.6 is 15.9 Å². The van der Waals surface area contributed by atoms with Crippen LogP contribution in [0.5, 0.6) is 6.01 Å². The molecule has 0 unspecified atom stereocenters. The summed E-state index contributed by atoms with van der Waals surface area (Å²) in [6.07, 6.45) is 0.784.